The Bertz CT molecular complexity index is 1440. The molecule has 0 saturated carbocycles. The number of benzene rings is 2. The molecule has 8 nitrogen and oxygen atoms in total. The van der Waals surface area contributed by atoms with Crippen LogP contribution in [0.5, 0.6) is 5.75 Å². The minimum atomic E-state index is -0.679. The highest BCUT2D eigenvalue weighted by molar-refractivity contribution is 7.80. The molecule has 4 rings (SSSR count). The van der Waals surface area contributed by atoms with Crippen molar-refractivity contribution in [3.63, 3.8) is 0 Å². The molecule has 2 aromatic carbocycles. The normalized spacial score (nSPS) is 10.9. The number of rotatable bonds is 5. The van der Waals surface area contributed by atoms with Crippen LogP contribution in [0, 0.1) is 0 Å². The van der Waals surface area contributed by atoms with Crippen molar-refractivity contribution in [2.75, 3.05) is 19.0 Å². The van der Waals surface area contributed by atoms with Crippen molar-refractivity contribution < 1.29 is 14.6 Å². The van der Waals surface area contributed by atoms with E-state index in [0.29, 0.717) is 32.9 Å². The molecule has 0 aliphatic carbocycles. The maximum Gasteiger partial charge on any atom is 0.262 e. The number of aliphatic hydroxyl groups excluding tert-OH is 1. The zero-order valence-corrected chi connectivity index (χ0v) is 19.0. The van der Waals surface area contributed by atoms with Gasteiger partial charge in [0, 0.05) is 35.4 Å². The molecule has 0 fully saturated rings. The molecule has 2 aromatic heterocycles. The molecule has 4 aromatic rings. The monoisotopic (exact) mass is 482 g/mol. The van der Waals surface area contributed by atoms with Crippen LogP contribution in [0.25, 0.3) is 21.8 Å². The standard InChI is InChI=1S/C23H19ClN4O4S/c1-32-14-6-4-13(5-7-14)26-23(33)27-22(31)17-12-28(9-10-29)20-15-3-2-8-25-19(15)18(24)11-16(20)21(17)30/h2-8,11-12,29H,9-10H2,1H3,(H2,26,27,31,33). The Kier molecular flexibility index (Phi) is 6.55. The molecule has 2 heterocycles. The molecule has 33 heavy (non-hydrogen) atoms. The molecule has 10 heteroatoms. The number of methoxy groups -OCH3 is 1. The van der Waals surface area contributed by atoms with E-state index in [1.54, 1.807) is 54.3 Å². The van der Waals surface area contributed by atoms with E-state index in [4.69, 9.17) is 28.6 Å². The Balaban J connectivity index is 1.71. The van der Waals surface area contributed by atoms with Gasteiger partial charge in [-0.2, -0.15) is 0 Å². The van der Waals surface area contributed by atoms with Gasteiger partial charge in [-0.1, -0.05) is 11.6 Å². The second-order valence-electron chi connectivity index (χ2n) is 7.08. The fourth-order valence-corrected chi connectivity index (χ4v) is 4.03. The zero-order chi connectivity index (χ0) is 23.5. The lowest BCUT2D eigenvalue weighted by atomic mass is 10.1. The average Bonchev–Trinajstić information content (AvgIpc) is 2.81. The van der Waals surface area contributed by atoms with Gasteiger partial charge in [-0.3, -0.25) is 19.9 Å². The average molecular weight is 483 g/mol. The number of anilines is 1. The summed E-state index contributed by atoms with van der Waals surface area (Å²) in [7, 11) is 1.56. The predicted molar refractivity (Wildman–Crippen MR) is 132 cm³/mol. The van der Waals surface area contributed by atoms with E-state index in [1.165, 1.54) is 12.3 Å². The largest absolute Gasteiger partial charge is 0.497 e. The molecule has 0 aliphatic rings. The molecule has 0 spiro atoms. The van der Waals surface area contributed by atoms with Crippen LogP contribution in [0.4, 0.5) is 5.69 Å². The summed E-state index contributed by atoms with van der Waals surface area (Å²) in [5.74, 6) is -0.000468. The number of ether oxygens (including phenoxy) is 1. The van der Waals surface area contributed by atoms with E-state index in [9.17, 15) is 14.7 Å². The summed E-state index contributed by atoms with van der Waals surface area (Å²) in [5, 5.41) is 16.2. The van der Waals surface area contributed by atoms with E-state index in [2.05, 4.69) is 15.6 Å². The van der Waals surface area contributed by atoms with Gasteiger partial charge < -0.3 is 19.7 Å². The molecule has 168 valence electrons. The topological polar surface area (TPSA) is 105 Å². The van der Waals surface area contributed by atoms with Gasteiger partial charge in [-0.15, -0.1) is 0 Å². The number of hydrogen-bond acceptors (Lipinski definition) is 6. The number of thiocarbonyl (C=S) groups is 1. The SMILES string of the molecule is COc1ccc(NC(=S)NC(=O)c2cn(CCO)c3c(cc(Cl)c4ncccc43)c2=O)cc1. The van der Waals surface area contributed by atoms with Crippen molar-refractivity contribution in [2.24, 2.45) is 0 Å². The number of carbonyl (C=O) groups excluding carboxylic acids is 1. The van der Waals surface area contributed by atoms with Crippen LogP contribution < -0.4 is 20.8 Å². The third-order valence-electron chi connectivity index (χ3n) is 5.04. The van der Waals surface area contributed by atoms with Gasteiger partial charge in [0.15, 0.2) is 5.11 Å². The van der Waals surface area contributed by atoms with E-state index in [-0.39, 0.29) is 29.2 Å². The first-order valence-corrected chi connectivity index (χ1v) is 10.7. The lowest BCUT2D eigenvalue weighted by Crippen LogP contribution is -2.37. The Morgan fingerprint density at radius 3 is 2.70 bits per heavy atom. The summed E-state index contributed by atoms with van der Waals surface area (Å²) < 4.78 is 6.76. The summed E-state index contributed by atoms with van der Waals surface area (Å²) in [6, 6.07) is 12.0. The molecule has 0 radical (unpaired) electrons. The molecule has 0 bridgehead atoms. The number of amides is 1. The minimum absolute atomic E-state index is 0.0270. The third kappa shape index (κ3) is 4.51. The molecule has 0 saturated heterocycles. The van der Waals surface area contributed by atoms with Crippen LogP contribution in [-0.2, 0) is 6.54 Å². The molecule has 0 atom stereocenters. The van der Waals surface area contributed by atoms with Gasteiger partial charge in [0.2, 0.25) is 5.43 Å². The molecular formula is C23H19ClN4O4S. The first kappa shape index (κ1) is 22.7. The number of fused-ring (bicyclic) bond motifs is 3. The van der Waals surface area contributed by atoms with Gasteiger partial charge >= 0.3 is 0 Å². The predicted octanol–water partition coefficient (Wildman–Crippen LogP) is 3.33. The van der Waals surface area contributed by atoms with E-state index in [1.807, 2.05) is 0 Å². The van der Waals surface area contributed by atoms with E-state index < -0.39 is 11.3 Å². The molecular weight excluding hydrogens is 464 g/mol. The van der Waals surface area contributed by atoms with Crippen molar-refractivity contribution in [3.05, 3.63) is 75.7 Å². The smallest absolute Gasteiger partial charge is 0.262 e. The summed E-state index contributed by atoms with van der Waals surface area (Å²) in [6.45, 7) is -0.0297. The summed E-state index contributed by atoms with van der Waals surface area (Å²) in [6.07, 6.45) is 3.01. The Hall–Kier alpha value is -3.53. The number of carbonyl (C=O) groups is 1. The molecule has 3 N–H and O–H groups in total. The van der Waals surface area contributed by atoms with Crippen molar-refractivity contribution in [1.29, 1.82) is 0 Å². The maximum atomic E-state index is 13.2. The summed E-state index contributed by atoms with van der Waals surface area (Å²) in [5.41, 5.74) is 1.07. The highest BCUT2D eigenvalue weighted by Crippen LogP contribution is 2.29. The quantitative estimate of drug-likeness (QED) is 0.296. The fourth-order valence-electron chi connectivity index (χ4n) is 3.55. The summed E-state index contributed by atoms with van der Waals surface area (Å²) >= 11 is 11.6. The van der Waals surface area contributed by atoms with Crippen molar-refractivity contribution in [2.45, 2.75) is 6.54 Å². The van der Waals surface area contributed by atoms with Gasteiger partial charge in [0.25, 0.3) is 5.91 Å². The maximum absolute atomic E-state index is 13.2. The number of halogens is 1. The van der Waals surface area contributed by atoms with E-state index >= 15 is 0 Å². The lowest BCUT2D eigenvalue weighted by molar-refractivity contribution is 0.0976. The zero-order valence-electron chi connectivity index (χ0n) is 17.5. The van der Waals surface area contributed by atoms with Gasteiger partial charge in [-0.25, -0.2) is 0 Å². The highest BCUT2D eigenvalue weighted by Gasteiger charge is 2.19. The van der Waals surface area contributed by atoms with Crippen molar-refractivity contribution >= 4 is 62.3 Å². The van der Waals surface area contributed by atoms with Crippen LogP contribution >= 0.6 is 23.8 Å². The summed E-state index contributed by atoms with van der Waals surface area (Å²) in [4.78, 5) is 30.5. The third-order valence-corrected chi connectivity index (χ3v) is 5.53. The number of aromatic nitrogens is 2. The molecule has 1 amide bonds. The second kappa shape index (κ2) is 9.53. The number of pyridine rings is 2. The lowest BCUT2D eigenvalue weighted by Gasteiger charge is -2.15. The van der Waals surface area contributed by atoms with Crippen LogP contribution in [0.2, 0.25) is 5.02 Å². The first-order valence-electron chi connectivity index (χ1n) is 9.90. The number of aliphatic hydroxyl groups is 1. The second-order valence-corrected chi connectivity index (χ2v) is 7.90. The fraction of sp³-hybridized carbons (Fsp3) is 0.130. The molecule has 0 aliphatic heterocycles. The molecule has 0 unspecified atom stereocenters. The van der Waals surface area contributed by atoms with Crippen LogP contribution in [0.1, 0.15) is 10.4 Å². The van der Waals surface area contributed by atoms with Crippen molar-refractivity contribution in [1.82, 2.24) is 14.9 Å². The van der Waals surface area contributed by atoms with Gasteiger partial charge in [0.1, 0.15) is 11.3 Å². The highest BCUT2D eigenvalue weighted by atomic mass is 35.5. The van der Waals surface area contributed by atoms with Crippen LogP contribution in [-0.4, -0.2) is 39.4 Å². The van der Waals surface area contributed by atoms with Crippen LogP contribution in [0.3, 0.4) is 0 Å². The van der Waals surface area contributed by atoms with E-state index in [0.717, 1.165) is 0 Å². The Labute approximate surface area is 198 Å². The van der Waals surface area contributed by atoms with Crippen LogP contribution in [0.15, 0.2) is 59.7 Å². The Morgan fingerprint density at radius 2 is 2.00 bits per heavy atom. The minimum Gasteiger partial charge on any atom is -0.497 e. The number of nitrogens with one attached hydrogen (secondary N) is 2. The number of nitrogens with zero attached hydrogens (tertiary/aromatic N) is 2. The Morgan fingerprint density at radius 1 is 1.24 bits per heavy atom. The van der Waals surface area contributed by atoms with Gasteiger partial charge in [-0.05, 0) is 54.7 Å². The van der Waals surface area contributed by atoms with Gasteiger partial charge in [0.05, 0.1) is 29.8 Å². The van der Waals surface area contributed by atoms with Crippen molar-refractivity contribution in [3.8, 4) is 5.75 Å². The number of hydrogen-bond donors (Lipinski definition) is 3. The first-order chi connectivity index (χ1) is 15.9.